The highest BCUT2D eigenvalue weighted by atomic mass is 35.5. The lowest BCUT2D eigenvalue weighted by molar-refractivity contribution is -0.117. The summed E-state index contributed by atoms with van der Waals surface area (Å²) in [7, 11) is 0. The van der Waals surface area contributed by atoms with Gasteiger partial charge in [0.15, 0.2) is 0 Å². The molecule has 4 amide bonds. The average molecular weight is 443 g/mol. The molecule has 1 saturated heterocycles. The molecule has 0 saturated carbocycles. The second kappa shape index (κ2) is 10.8. The van der Waals surface area contributed by atoms with Crippen molar-refractivity contribution >= 4 is 40.8 Å². The van der Waals surface area contributed by atoms with E-state index in [-0.39, 0.29) is 11.9 Å². The molecular formula is C23H27ClN4O3. The van der Waals surface area contributed by atoms with Gasteiger partial charge in [-0.25, -0.2) is 4.79 Å². The van der Waals surface area contributed by atoms with E-state index in [2.05, 4.69) is 16.0 Å². The van der Waals surface area contributed by atoms with E-state index in [1.807, 2.05) is 4.90 Å². The molecule has 0 bridgehead atoms. The Kier molecular flexibility index (Phi) is 7.89. The minimum absolute atomic E-state index is 0.102. The Morgan fingerprint density at radius 1 is 0.871 bits per heavy atom. The maximum atomic E-state index is 12.4. The third kappa shape index (κ3) is 6.46. The van der Waals surface area contributed by atoms with Gasteiger partial charge in [-0.15, -0.1) is 0 Å². The van der Waals surface area contributed by atoms with Crippen molar-refractivity contribution < 1.29 is 14.4 Å². The van der Waals surface area contributed by atoms with Crippen LogP contribution in [0.1, 0.15) is 43.0 Å². The summed E-state index contributed by atoms with van der Waals surface area (Å²) in [4.78, 5) is 39.0. The SMILES string of the molecule is CC(NC(=O)c1ccccc1Cl)C(=O)Nc1ccc(NC(=O)N2CCCCCC2)cc1. The first-order valence-electron chi connectivity index (χ1n) is 10.5. The van der Waals surface area contributed by atoms with Crippen molar-refractivity contribution in [3.05, 3.63) is 59.1 Å². The maximum absolute atomic E-state index is 12.4. The van der Waals surface area contributed by atoms with E-state index in [1.54, 1.807) is 55.5 Å². The lowest BCUT2D eigenvalue weighted by Gasteiger charge is -2.21. The van der Waals surface area contributed by atoms with Crippen molar-refractivity contribution in [2.75, 3.05) is 23.7 Å². The molecule has 7 nitrogen and oxygen atoms in total. The number of rotatable bonds is 5. The fraction of sp³-hybridized carbons (Fsp3) is 0.348. The summed E-state index contributed by atoms with van der Waals surface area (Å²) in [5, 5.41) is 8.62. The Morgan fingerprint density at radius 3 is 2.06 bits per heavy atom. The number of nitrogens with zero attached hydrogens (tertiary/aromatic N) is 1. The third-order valence-electron chi connectivity index (χ3n) is 5.16. The van der Waals surface area contributed by atoms with Crippen molar-refractivity contribution in [2.24, 2.45) is 0 Å². The first-order chi connectivity index (χ1) is 14.9. The van der Waals surface area contributed by atoms with Gasteiger partial charge >= 0.3 is 6.03 Å². The van der Waals surface area contributed by atoms with E-state index in [1.165, 1.54) is 0 Å². The van der Waals surface area contributed by atoms with Gasteiger partial charge < -0.3 is 20.9 Å². The minimum Gasteiger partial charge on any atom is -0.340 e. The summed E-state index contributed by atoms with van der Waals surface area (Å²) < 4.78 is 0. The van der Waals surface area contributed by atoms with Gasteiger partial charge in [-0.05, 0) is 56.2 Å². The zero-order valence-corrected chi connectivity index (χ0v) is 18.2. The fourth-order valence-corrected chi connectivity index (χ4v) is 3.57. The molecule has 3 rings (SSSR count). The third-order valence-corrected chi connectivity index (χ3v) is 5.49. The largest absolute Gasteiger partial charge is 0.340 e. The van der Waals surface area contributed by atoms with Gasteiger partial charge in [0.1, 0.15) is 6.04 Å². The molecule has 164 valence electrons. The number of anilines is 2. The molecular weight excluding hydrogens is 416 g/mol. The van der Waals surface area contributed by atoms with Crippen molar-refractivity contribution in [3.63, 3.8) is 0 Å². The smallest absolute Gasteiger partial charge is 0.321 e. The molecule has 0 radical (unpaired) electrons. The van der Waals surface area contributed by atoms with Gasteiger partial charge in [-0.1, -0.05) is 36.6 Å². The molecule has 3 N–H and O–H groups in total. The summed E-state index contributed by atoms with van der Waals surface area (Å²) in [6.45, 7) is 3.15. The van der Waals surface area contributed by atoms with Gasteiger partial charge in [-0.2, -0.15) is 0 Å². The highest BCUT2D eigenvalue weighted by Crippen LogP contribution is 2.17. The Hall–Kier alpha value is -3.06. The molecule has 31 heavy (non-hydrogen) atoms. The van der Waals surface area contributed by atoms with Gasteiger partial charge in [0, 0.05) is 24.5 Å². The molecule has 1 aliphatic heterocycles. The number of carbonyl (C=O) groups excluding carboxylic acids is 3. The summed E-state index contributed by atoms with van der Waals surface area (Å²) in [6.07, 6.45) is 4.39. The van der Waals surface area contributed by atoms with Crippen molar-refractivity contribution in [2.45, 2.75) is 38.6 Å². The minimum atomic E-state index is -0.758. The van der Waals surface area contributed by atoms with Crippen LogP contribution in [-0.4, -0.2) is 41.9 Å². The van der Waals surface area contributed by atoms with E-state index in [0.717, 1.165) is 38.8 Å². The molecule has 1 fully saturated rings. The number of amides is 4. The summed E-state index contributed by atoms with van der Waals surface area (Å²) in [6, 6.07) is 12.7. The number of hydrogen-bond donors (Lipinski definition) is 3. The van der Waals surface area contributed by atoms with Crippen LogP contribution in [0.25, 0.3) is 0 Å². The first-order valence-corrected chi connectivity index (χ1v) is 10.8. The van der Waals surface area contributed by atoms with E-state index >= 15 is 0 Å². The molecule has 1 aliphatic rings. The van der Waals surface area contributed by atoms with Gasteiger partial charge in [0.2, 0.25) is 5.91 Å². The first kappa shape index (κ1) is 22.6. The average Bonchev–Trinajstić information content (AvgIpc) is 3.05. The van der Waals surface area contributed by atoms with Crippen LogP contribution < -0.4 is 16.0 Å². The zero-order valence-electron chi connectivity index (χ0n) is 17.5. The normalized spacial score (nSPS) is 14.8. The number of hydrogen-bond acceptors (Lipinski definition) is 3. The molecule has 2 aromatic rings. The van der Waals surface area contributed by atoms with Gasteiger partial charge in [-0.3, -0.25) is 9.59 Å². The molecule has 1 unspecified atom stereocenters. The highest BCUT2D eigenvalue weighted by molar-refractivity contribution is 6.33. The van der Waals surface area contributed by atoms with Crippen LogP contribution in [0.5, 0.6) is 0 Å². The predicted octanol–water partition coefficient (Wildman–Crippen LogP) is 4.50. The van der Waals surface area contributed by atoms with E-state index in [0.29, 0.717) is 22.0 Å². The Morgan fingerprint density at radius 2 is 1.45 bits per heavy atom. The van der Waals surface area contributed by atoms with Crippen LogP contribution in [0, 0.1) is 0 Å². The Bertz CT molecular complexity index is 925. The summed E-state index contributed by atoms with van der Waals surface area (Å²) in [5.74, 6) is -0.776. The highest BCUT2D eigenvalue weighted by Gasteiger charge is 2.19. The van der Waals surface area contributed by atoms with Gasteiger partial charge in [0.05, 0.1) is 10.6 Å². The summed E-state index contributed by atoms with van der Waals surface area (Å²) >= 11 is 6.03. The standard InChI is InChI=1S/C23H27ClN4O3/c1-16(25-22(30)19-8-4-5-9-20(19)24)21(29)26-17-10-12-18(13-11-17)27-23(31)28-14-6-2-3-7-15-28/h4-5,8-13,16H,2-3,6-7,14-15H2,1H3,(H,25,30)(H,26,29)(H,27,31). The number of urea groups is 1. The maximum Gasteiger partial charge on any atom is 0.321 e. The van der Waals surface area contributed by atoms with Gasteiger partial charge in [0.25, 0.3) is 5.91 Å². The molecule has 8 heteroatoms. The Balaban J connectivity index is 1.51. The van der Waals surface area contributed by atoms with Crippen LogP contribution >= 0.6 is 11.6 Å². The van der Waals surface area contributed by atoms with Crippen molar-refractivity contribution in [1.82, 2.24) is 10.2 Å². The lowest BCUT2D eigenvalue weighted by Crippen LogP contribution is -2.41. The second-order valence-corrected chi connectivity index (χ2v) is 7.98. The van der Waals surface area contributed by atoms with E-state index in [9.17, 15) is 14.4 Å². The van der Waals surface area contributed by atoms with E-state index in [4.69, 9.17) is 11.6 Å². The van der Waals surface area contributed by atoms with Crippen molar-refractivity contribution in [3.8, 4) is 0 Å². The predicted molar refractivity (Wildman–Crippen MR) is 123 cm³/mol. The second-order valence-electron chi connectivity index (χ2n) is 7.57. The van der Waals surface area contributed by atoms with Crippen LogP contribution in [0.4, 0.5) is 16.2 Å². The zero-order chi connectivity index (χ0) is 22.2. The Labute approximate surface area is 187 Å². The molecule has 0 aliphatic carbocycles. The van der Waals surface area contributed by atoms with Crippen LogP contribution in [0.3, 0.4) is 0 Å². The number of nitrogens with one attached hydrogen (secondary N) is 3. The van der Waals surface area contributed by atoms with Crippen LogP contribution in [0.15, 0.2) is 48.5 Å². The van der Waals surface area contributed by atoms with Crippen LogP contribution in [0.2, 0.25) is 5.02 Å². The molecule has 1 atom stereocenters. The number of carbonyl (C=O) groups is 3. The molecule has 1 heterocycles. The fourth-order valence-electron chi connectivity index (χ4n) is 3.35. The van der Waals surface area contributed by atoms with Crippen molar-refractivity contribution in [1.29, 1.82) is 0 Å². The van der Waals surface area contributed by atoms with Crippen LogP contribution in [-0.2, 0) is 4.79 Å². The topological polar surface area (TPSA) is 90.5 Å². The quantitative estimate of drug-likeness (QED) is 0.636. The number of benzene rings is 2. The number of likely N-dealkylation sites (tertiary alicyclic amines) is 1. The molecule has 0 aromatic heterocycles. The number of halogens is 1. The van der Waals surface area contributed by atoms with E-state index < -0.39 is 11.9 Å². The summed E-state index contributed by atoms with van der Waals surface area (Å²) in [5.41, 5.74) is 1.54. The monoisotopic (exact) mass is 442 g/mol. The molecule has 2 aromatic carbocycles. The lowest BCUT2D eigenvalue weighted by atomic mass is 10.2. The molecule has 0 spiro atoms.